The molecule has 0 unspecified atom stereocenters. The van der Waals surface area contributed by atoms with E-state index in [1.807, 2.05) is 0 Å². The molecule has 0 saturated carbocycles. The van der Waals surface area contributed by atoms with Crippen molar-refractivity contribution in [2.45, 2.75) is 3.79 Å². The fourth-order valence-electron chi connectivity index (χ4n) is 0.233. The first kappa shape index (κ1) is 11.5. The molecule has 0 aromatic carbocycles. The molecule has 0 rings (SSSR count). The molecule has 0 heterocycles. The molecule has 0 aromatic rings. The Bertz CT molecular complexity index is 138. The minimum Gasteiger partial charge on any atom is -0.122 e. The first-order chi connectivity index (χ1) is 4.39. The van der Waals surface area contributed by atoms with Crippen molar-refractivity contribution in [2.75, 3.05) is 5.88 Å². The third kappa shape index (κ3) is 3.75. The lowest BCUT2D eigenvalue weighted by Gasteiger charge is -2.12. The van der Waals surface area contributed by atoms with E-state index in [4.69, 9.17) is 69.6 Å². The van der Waals surface area contributed by atoms with Gasteiger partial charge in [-0.3, -0.25) is 0 Å². The minimum atomic E-state index is -1.61. The van der Waals surface area contributed by atoms with Crippen molar-refractivity contribution < 1.29 is 0 Å². The number of halogens is 6. The van der Waals surface area contributed by atoms with Crippen LogP contribution in [0.2, 0.25) is 0 Å². The van der Waals surface area contributed by atoms with Crippen LogP contribution in [-0.2, 0) is 0 Å². The van der Waals surface area contributed by atoms with Crippen molar-refractivity contribution >= 4 is 69.6 Å². The van der Waals surface area contributed by atoms with Gasteiger partial charge in [-0.05, 0) is 0 Å². The topological polar surface area (TPSA) is 0 Å². The van der Waals surface area contributed by atoms with Gasteiger partial charge in [0.1, 0.15) is 4.49 Å². The summed E-state index contributed by atoms with van der Waals surface area (Å²) in [5.74, 6) is -0.00116. The highest BCUT2D eigenvalue weighted by Gasteiger charge is 2.27. The van der Waals surface area contributed by atoms with Gasteiger partial charge >= 0.3 is 0 Å². The molecule has 0 aliphatic heterocycles. The van der Waals surface area contributed by atoms with Crippen molar-refractivity contribution in [1.82, 2.24) is 0 Å². The lowest BCUT2D eigenvalue weighted by molar-refractivity contribution is 1.25. The van der Waals surface area contributed by atoms with E-state index in [0.717, 1.165) is 0 Å². The predicted molar refractivity (Wildman–Crippen MR) is 49.7 cm³/mol. The van der Waals surface area contributed by atoms with E-state index in [-0.39, 0.29) is 15.9 Å². The van der Waals surface area contributed by atoms with E-state index < -0.39 is 3.79 Å². The standard InChI is InChI=1S/C4H2Cl6/c5-1-2(3(6)7)4(8,9)10/h1H2. The Hall–Kier alpha value is 1.48. The van der Waals surface area contributed by atoms with Crippen LogP contribution in [-0.4, -0.2) is 9.67 Å². The molecule has 0 aromatic heterocycles. The molecule has 0 N–H and O–H groups in total. The molecule has 0 spiro atoms. The lowest BCUT2D eigenvalue weighted by atomic mass is 10.4. The molecular weight excluding hydrogens is 261 g/mol. The van der Waals surface area contributed by atoms with Crippen molar-refractivity contribution in [3.05, 3.63) is 10.1 Å². The first-order valence-corrected chi connectivity index (χ1v) is 4.49. The summed E-state index contributed by atoms with van der Waals surface area (Å²) in [7, 11) is 0. The molecular formula is C4H2Cl6. The summed E-state index contributed by atoms with van der Waals surface area (Å²) in [6.45, 7) is 0. The summed E-state index contributed by atoms with van der Waals surface area (Å²) in [6, 6.07) is 0. The fraction of sp³-hybridized carbons (Fsp3) is 0.500. The second-order valence-corrected chi connectivity index (χ2v) is 4.87. The third-order valence-corrected chi connectivity index (χ3v) is 2.11. The molecule has 6 heteroatoms. The highest BCUT2D eigenvalue weighted by Crippen LogP contribution is 2.38. The van der Waals surface area contributed by atoms with Gasteiger partial charge in [-0.1, -0.05) is 58.0 Å². The van der Waals surface area contributed by atoms with Crippen LogP contribution in [0.4, 0.5) is 0 Å². The molecule has 10 heavy (non-hydrogen) atoms. The molecule has 0 saturated heterocycles. The van der Waals surface area contributed by atoms with Gasteiger partial charge in [0.25, 0.3) is 0 Å². The third-order valence-electron chi connectivity index (χ3n) is 0.704. The van der Waals surface area contributed by atoms with Crippen LogP contribution >= 0.6 is 69.6 Å². The monoisotopic (exact) mass is 260 g/mol. The zero-order valence-electron chi connectivity index (χ0n) is 4.47. The van der Waals surface area contributed by atoms with Crippen LogP contribution in [0.1, 0.15) is 0 Å². The predicted octanol–water partition coefficient (Wildman–Crippen LogP) is 4.28. The number of hydrogen-bond acceptors (Lipinski definition) is 0. The van der Waals surface area contributed by atoms with Crippen LogP contribution in [0.3, 0.4) is 0 Å². The van der Waals surface area contributed by atoms with Crippen LogP contribution in [0.25, 0.3) is 0 Å². The van der Waals surface area contributed by atoms with Crippen molar-refractivity contribution in [1.29, 1.82) is 0 Å². The summed E-state index contributed by atoms with van der Waals surface area (Å²) in [5, 5.41) is 0. The number of rotatable bonds is 1. The van der Waals surface area contributed by atoms with Gasteiger partial charge in [0.05, 0.1) is 5.88 Å². The van der Waals surface area contributed by atoms with Gasteiger partial charge in [0.2, 0.25) is 3.79 Å². The minimum absolute atomic E-state index is 0.00116. The Kier molecular flexibility index (Phi) is 5.16. The summed E-state index contributed by atoms with van der Waals surface area (Å²) < 4.78 is -1.71. The highest BCUT2D eigenvalue weighted by molar-refractivity contribution is 6.71. The second kappa shape index (κ2) is 4.49. The maximum absolute atomic E-state index is 5.41. The van der Waals surface area contributed by atoms with Gasteiger partial charge in [0, 0.05) is 5.57 Å². The molecule has 0 fully saturated rings. The summed E-state index contributed by atoms with van der Waals surface area (Å²) >= 11 is 32.3. The highest BCUT2D eigenvalue weighted by atomic mass is 35.6. The van der Waals surface area contributed by atoms with Crippen LogP contribution in [0, 0.1) is 0 Å². The van der Waals surface area contributed by atoms with E-state index in [2.05, 4.69) is 0 Å². The Labute approximate surface area is 89.0 Å². The molecule has 0 atom stereocenters. The Morgan fingerprint density at radius 1 is 1.10 bits per heavy atom. The smallest absolute Gasteiger partial charge is 0.122 e. The molecule has 0 nitrogen and oxygen atoms in total. The molecule has 0 amide bonds. The van der Waals surface area contributed by atoms with Gasteiger partial charge in [-0.25, -0.2) is 0 Å². The SMILES string of the molecule is ClCC(=C(Cl)Cl)C(Cl)(Cl)Cl. The zero-order chi connectivity index (χ0) is 8.36. The quantitative estimate of drug-likeness (QED) is 0.619. The van der Waals surface area contributed by atoms with E-state index in [1.54, 1.807) is 0 Å². The first-order valence-electron chi connectivity index (χ1n) is 2.07. The molecule has 60 valence electrons. The average Bonchev–Trinajstić information content (AvgIpc) is 1.60. The van der Waals surface area contributed by atoms with Crippen molar-refractivity contribution in [3.63, 3.8) is 0 Å². The van der Waals surface area contributed by atoms with Gasteiger partial charge in [-0.15, -0.1) is 11.6 Å². The second-order valence-electron chi connectivity index (χ2n) is 1.37. The summed E-state index contributed by atoms with van der Waals surface area (Å²) in [5.41, 5.74) is 0.183. The maximum Gasteiger partial charge on any atom is 0.215 e. The molecule has 0 bridgehead atoms. The lowest BCUT2D eigenvalue weighted by Crippen LogP contribution is -2.08. The average molecular weight is 263 g/mol. The number of alkyl halides is 4. The summed E-state index contributed by atoms with van der Waals surface area (Å²) in [6.07, 6.45) is 0. The Balaban J connectivity index is 4.55. The van der Waals surface area contributed by atoms with Crippen LogP contribution in [0.15, 0.2) is 10.1 Å². The largest absolute Gasteiger partial charge is 0.215 e. The normalized spacial score (nSPS) is 11.4. The van der Waals surface area contributed by atoms with E-state index in [9.17, 15) is 0 Å². The van der Waals surface area contributed by atoms with Crippen molar-refractivity contribution in [2.24, 2.45) is 0 Å². The zero-order valence-corrected chi connectivity index (χ0v) is 9.01. The fourth-order valence-corrected chi connectivity index (χ4v) is 2.10. The molecule has 0 aliphatic rings. The van der Waals surface area contributed by atoms with E-state index in [1.165, 1.54) is 0 Å². The van der Waals surface area contributed by atoms with E-state index in [0.29, 0.717) is 0 Å². The maximum atomic E-state index is 5.41. The van der Waals surface area contributed by atoms with Crippen LogP contribution in [0.5, 0.6) is 0 Å². The van der Waals surface area contributed by atoms with Gasteiger partial charge in [-0.2, -0.15) is 0 Å². The van der Waals surface area contributed by atoms with Crippen LogP contribution < -0.4 is 0 Å². The van der Waals surface area contributed by atoms with Gasteiger partial charge in [0.15, 0.2) is 0 Å². The van der Waals surface area contributed by atoms with Gasteiger partial charge < -0.3 is 0 Å². The molecule has 0 radical (unpaired) electrons. The molecule has 0 aliphatic carbocycles. The summed E-state index contributed by atoms with van der Waals surface area (Å²) in [4.78, 5) is 0. The number of hydrogen-bond donors (Lipinski definition) is 0. The van der Waals surface area contributed by atoms with Crippen molar-refractivity contribution in [3.8, 4) is 0 Å². The Morgan fingerprint density at radius 3 is 1.50 bits per heavy atom. The Morgan fingerprint density at radius 2 is 1.50 bits per heavy atom. The van der Waals surface area contributed by atoms with E-state index >= 15 is 0 Å². The number of allylic oxidation sites excluding steroid dienone is 1.